The lowest BCUT2D eigenvalue weighted by Gasteiger charge is -2.30. The second-order valence-corrected chi connectivity index (χ2v) is 13.8. The molecule has 0 saturated carbocycles. The molecule has 1 fully saturated rings. The summed E-state index contributed by atoms with van der Waals surface area (Å²) in [5, 5.41) is 0. The fourth-order valence-electron chi connectivity index (χ4n) is 3.65. The van der Waals surface area contributed by atoms with Crippen LogP contribution in [0.1, 0.15) is 40.8 Å². The monoisotopic (exact) mass is 528 g/mol. The minimum absolute atomic E-state index is 0.286. The van der Waals surface area contributed by atoms with Crippen LogP contribution in [-0.4, -0.2) is 52.7 Å². The molecule has 2 rings (SSSR count). The first-order valence-corrected chi connectivity index (χ1v) is 14.0. The van der Waals surface area contributed by atoms with Gasteiger partial charge in [0.15, 0.2) is 12.3 Å². The van der Waals surface area contributed by atoms with Crippen LogP contribution in [0.5, 0.6) is 0 Å². The van der Waals surface area contributed by atoms with Gasteiger partial charge in [0.1, 0.15) is 19.5 Å². The summed E-state index contributed by atoms with van der Waals surface area (Å²) in [6.07, 6.45) is -0.661. The second-order valence-electron chi connectivity index (χ2n) is 7.76. The van der Waals surface area contributed by atoms with Gasteiger partial charge in [-0.05, 0) is 18.1 Å². The molecule has 1 aliphatic rings. The van der Waals surface area contributed by atoms with Crippen LogP contribution in [0, 0.1) is 11.5 Å². The summed E-state index contributed by atoms with van der Waals surface area (Å²) in [6, 6.07) is 3.96. The van der Waals surface area contributed by atoms with Gasteiger partial charge in [0.2, 0.25) is 5.60 Å². The molecule has 1 aromatic rings. The quantitative estimate of drug-likeness (QED) is 0.249. The van der Waals surface area contributed by atoms with E-state index in [1.54, 1.807) is 0 Å². The summed E-state index contributed by atoms with van der Waals surface area (Å²) in [7, 11) is -1.95. The fraction of sp³-hybridized carbons (Fsp3) is 0.619. The average Bonchev–Trinajstić information content (AvgIpc) is 3.00. The molecule has 32 heavy (non-hydrogen) atoms. The highest BCUT2D eigenvalue weighted by molar-refractivity contribution is 9.09. The highest BCUT2D eigenvalue weighted by Gasteiger charge is 2.58. The van der Waals surface area contributed by atoms with Gasteiger partial charge in [0, 0.05) is 26.1 Å². The van der Waals surface area contributed by atoms with Gasteiger partial charge in [-0.15, -0.1) is 5.54 Å². The number of halogens is 1. The number of rotatable bonds is 7. The van der Waals surface area contributed by atoms with E-state index in [9.17, 15) is 19.2 Å². The maximum atomic E-state index is 12.4. The van der Waals surface area contributed by atoms with Crippen molar-refractivity contribution in [3.63, 3.8) is 0 Å². The zero-order valence-corrected chi connectivity index (χ0v) is 21.5. The summed E-state index contributed by atoms with van der Waals surface area (Å²) >= 11 is 3.49. The summed E-state index contributed by atoms with van der Waals surface area (Å²) in [6.45, 7) is 8.53. The van der Waals surface area contributed by atoms with E-state index in [0.29, 0.717) is 0 Å². The Hall–Kier alpha value is -2.16. The van der Waals surface area contributed by atoms with Gasteiger partial charge in [-0.2, -0.15) is 0 Å². The van der Waals surface area contributed by atoms with E-state index >= 15 is 0 Å². The molecule has 4 atom stereocenters. The first-order valence-electron chi connectivity index (χ1n) is 10.5. The van der Waals surface area contributed by atoms with E-state index in [4.69, 9.17) is 14.2 Å². The lowest BCUT2D eigenvalue weighted by Crippen LogP contribution is -2.48. The van der Waals surface area contributed by atoms with Crippen LogP contribution in [0.25, 0.3) is 0 Å². The normalized spacial score (nSPS) is 25.0. The molecule has 176 valence electrons. The van der Waals surface area contributed by atoms with E-state index in [0.717, 1.165) is 18.1 Å². The van der Waals surface area contributed by atoms with E-state index in [2.05, 4.69) is 53.1 Å². The average molecular weight is 529 g/mol. The molecule has 1 aliphatic heterocycles. The minimum Gasteiger partial charge on any atom is -0.462 e. The molecule has 1 N–H and O–H groups in total. The molecule has 11 heteroatoms. The molecular formula is C21H29BrN2O7Si. The van der Waals surface area contributed by atoms with Crippen LogP contribution in [0.15, 0.2) is 21.9 Å². The van der Waals surface area contributed by atoms with Gasteiger partial charge in [-0.3, -0.25) is 23.9 Å². The van der Waals surface area contributed by atoms with Crippen molar-refractivity contribution >= 4 is 35.9 Å². The van der Waals surface area contributed by atoms with E-state index in [-0.39, 0.29) is 6.61 Å². The van der Waals surface area contributed by atoms with Crippen molar-refractivity contribution in [2.45, 2.75) is 75.5 Å². The molecule has 0 radical (unpaired) electrons. The number of hydrogen-bond donors (Lipinski definition) is 1. The van der Waals surface area contributed by atoms with Crippen molar-refractivity contribution in [1.82, 2.24) is 9.55 Å². The van der Waals surface area contributed by atoms with Gasteiger partial charge in [0.25, 0.3) is 5.56 Å². The van der Waals surface area contributed by atoms with Gasteiger partial charge in [-0.25, -0.2) is 4.79 Å². The number of hydrogen-bond acceptors (Lipinski definition) is 7. The number of nitrogens with zero attached hydrogens (tertiary/aromatic N) is 1. The summed E-state index contributed by atoms with van der Waals surface area (Å²) in [5.74, 6) is 2.06. The SMILES string of the molecule is CC[Si](C#C[C@]1(COC(C)=O)O[C@@H](n2ccc(=O)[nH]c2=O)[C@H](Br)[C@@H]1OC(C)=O)(CC)CC. The first kappa shape index (κ1) is 26.1. The Morgan fingerprint density at radius 2 is 1.84 bits per heavy atom. The molecular weight excluding hydrogens is 500 g/mol. The summed E-state index contributed by atoms with van der Waals surface area (Å²) < 4.78 is 18.3. The molecule has 1 saturated heterocycles. The third-order valence-corrected chi connectivity index (χ3v) is 11.5. The molecule has 2 heterocycles. The van der Waals surface area contributed by atoms with Gasteiger partial charge in [-0.1, -0.05) is 42.6 Å². The third kappa shape index (κ3) is 5.60. The number of carbonyl (C=O) groups is 2. The van der Waals surface area contributed by atoms with Crippen molar-refractivity contribution in [3.05, 3.63) is 33.1 Å². The van der Waals surface area contributed by atoms with Crippen molar-refractivity contribution in [2.75, 3.05) is 6.61 Å². The molecule has 0 aliphatic carbocycles. The number of carbonyl (C=O) groups excluding carboxylic acids is 2. The smallest absolute Gasteiger partial charge is 0.330 e. The standard InChI is InChI=1S/C21H29BrN2O7Si/c1-6-32(7-2,8-3)12-10-21(13-29-14(4)25)18(30-15(5)26)17(22)19(31-21)24-11-9-16(27)23-20(24)28/h9,11,17-19H,6-8,13H2,1-5H3,(H,23,27,28)/t17-,18+,19-,21-/m1/s1. The number of nitrogens with one attached hydrogen (secondary N) is 1. The van der Waals surface area contributed by atoms with Crippen molar-refractivity contribution in [3.8, 4) is 11.5 Å². The lowest BCUT2D eigenvalue weighted by atomic mass is 9.98. The van der Waals surface area contributed by atoms with Gasteiger partial charge in [0.05, 0.1) is 0 Å². The maximum Gasteiger partial charge on any atom is 0.330 e. The number of alkyl halides is 1. The predicted octanol–water partition coefficient (Wildman–Crippen LogP) is 2.11. The van der Waals surface area contributed by atoms with Crippen LogP contribution < -0.4 is 11.2 Å². The highest BCUT2D eigenvalue weighted by atomic mass is 79.9. The molecule has 9 nitrogen and oxygen atoms in total. The fourth-order valence-corrected chi connectivity index (χ4v) is 7.05. The molecule has 0 aromatic carbocycles. The number of ether oxygens (including phenoxy) is 3. The third-order valence-electron chi connectivity index (χ3n) is 5.83. The molecule has 1 aromatic heterocycles. The van der Waals surface area contributed by atoms with Crippen molar-refractivity contribution in [2.24, 2.45) is 0 Å². The van der Waals surface area contributed by atoms with Gasteiger partial charge >= 0.3 is 17.6 Å². The van der Waals surface area contributed by atoms with Crippen LogP contribution in [-0.2, 0) is 23.8 Å². The number of esters is 2. The zero-order valence-electron chi connectivity index (χ0n) is 18.9. The first-order chi connectivity index (χ1) is 15.0. The molecule has 0 unspecified atom stereocenters. The Labute approximate surface area is 196 Å². The Bertz CT molecular complexity index is 1010. The Kier molecular flexibility index (Phi) is 8.67. The number of H-pyrrole nitrogens is 1. The van der Waals surface area contributed by atoms with Crippen LogP contribution in [0.4, 0.5) is 0 Å². The Balaban J connectivity index is 2.66. The van der Waals surface area contributed by atoms with Crippen molar-refractivity contribution < 1.29 is 23.8 Å². The summed E-state index contributed by atoms with van der Waals surface area (Å²) in [5.41, 5.74) is 0.683. The maximum absolute atomic E-state index is 12.4. The topological polar surface area (TPSA) is 117 Å². The minimum atomic E-state index is -1.95. The van der Waals surface area contributed by atoms with E-state index < -0.39 is 54.0 Å². The van der Waals surface area contributed by atoms with Crippen LogP contribution in [0.3, 0.4) is 0 Å². The Morgan fingerprint density at radius 3 is 2.34 bits per heavy atom. The number of aromatic nitrogens is 2. The second kappa shape index (κ2) is 10.6. The van der Waals surface area contributed by atoms with Crippen LogP contribution >= 0.6 is 15.9 Å². The zero-order chi connectivity index (χ0) is 24.1. The van der Waals surface area contributed by atoms with Gasteiger partial charge < -0.3 is 14.2 Å². The Morgan fingerprint density at radius 1 is 1.22 bits per heavy atom. The van der Waals surface area contributed by atoms with E-state index in [1.165, 1.54) is 30.7 Å². The highest BCUT2D eigenvalue weighted by Crippen LogP contribution is 2.43. The summed E-state index contributed by atoms with van der Waals surface area (Å²) in [4.78, 5) is 49.0. The number of aromatic amines is 1. The van der Waals surface area contributed by atoms with Crippen molar-refractivity contribution in [1.29, 1.82) is 0 Å². The molecule has 0 spiro atoms. The lowest BCUT2D eigenvalue weighted by molar-refractivity contribution is -0.164. The van der Waals surface area contributed by atoms with E-state index in [1.807, 2.05) is 0 Å². The predicted molar refractivity (Wildman–Crippen MR) is 124 cm³/mol. The molecule has 0 amide bonds. The largest absolute Gasteiger partial charge is 0.462 e. The van der Waals surface area contributed by atoms with Crippen LogP contribution in [0.2, 0.25) is 18.1 Å². The molecule has 0 bridgehead atoms.